The molecule has 0 saturated carbocycles. The molecule has 178 valence electrons. The van der Waals surface area contributed by atoms with E-state index in [1.165, 1.54) is 12.0 Å². The Morgan fingerprint density at radius 1 is 0.903 bits per heavy atom. The Kier molecular flexibility index (Phi) is 9.28. The second-order valence-electron chi connectivity index (χ2n) is 10.1. The normalized spacial score (nSPS) is 20.2. The maximum atomic E-state index is 6.74. The van der Waals surface area contributed by atoms with E-state index in [0.29, 0.717) is 18.8 Å². The maximum absolute atomic E-state index is 6.74. The van der Waals surface area contributed by atoms with Gasteiger partial charge in [-0.05, 0) is 64.0 Å². The lowest BCUT2D eigenvalue weighted by Crippen LogP contribution is -2.58. The highest BCUT2D eigenvalue weighted by molar-refractivity contribution is 6.60. The summed E-state index contributed by atoms with van der Waals surface area (Å²) in [4.78, 5) is 6.74. The first kappa shape index (κ1) is 26.4. The van der Waals surface area contributed by atoms with Crippen LogP contribution in [-0.2, 0) is 29.5 Å². The summed E-state index contributed by atoms with van der Waals surface area (Å²) in [7, 11) is 2.06. The second-order valence-corrected chi connectivity index (χ2v) is 13.0. The first-order valence-electron chi connectivity index (χ1n) is 11.3. The van der Waals surface area contributed by atoms with Gasteiger partial charge >= 0.3 is 8.80 Å². The molecule has 1 aromatic carbocycles. The predicted molar refractivity (Wildman–Crippen MR) is 125 cm³/mol. The molecule has 31 heavy (non-hydrogen) atoms. The lowest BCUT2D eigenvalue weighted by Gasteiger charge is -2.52. The molecule has 0 radical (unpaired) electrons. The number of benzene rings is 1. The molecule has 0 spiro atoms. The molecule has 1 aliphatic heterocycles. The fourth-order valence-corrected chi connectivity index (χ4v) is 5.67. The Morgan fingerprint density at radius 2 is 1.42 bits per heavy atom. The van der Waals surface area contributed by atoms with Gasteiger partial charge in [-0.2, -0.15) is 5.06 Å². The predicted octanol–water partition coefficient (Wildman–Crippen LogP) is 5.29. The summed E-state index contributed by atoms with van der Waals surface area (Å²) < 4.78 is 22.0. The third-order valence-electron chi connectivity index (χ3n) is 6.29. The lowest BCUT2D eigenvalue weighted by atomic mass is 9.82. The van der Waals surface area contributed by atoms with Crippen LogP contribution in [0.1, 0.15) is 78.0 Å². The number of hydrogen-bond donors (Lipinski definition) is 0. The van der Waals surface area contributed by atoms with Gasteiger partial charge in [0, 0.05) is 32.4 Å². The third-order valence-corrected chi connectivity index (χ3v) is 8.71. The van der Waals surface area contributed by atoms with Crippen LogP contribution in [0.25, 0.3) is 0 Å². The highest BCUT2D eigenvalue weighted by Crippen LogP contribution is 2.41. The zero-order valence-corrected chi connectivity index (χ0v) is 22.0. The fourth-order valence-electron chi connectivity index (χ4n) is 4.47. The summed E-state index contributed by atoms with van der Waals surface area (Å²) in [5.41, 5.74) is 2.31. The molecule has 1 aromatic rings. The van der Waals surface area contributed by atoms with Crippen LogP contribution in [0.5, 0.6) is 0 Å². The minimum Gasteiger partial charge on any atom is -0.375 e. The van der Waals surface area contributed by atoms with Crippen molar-refractivity contribution < 1.29 is 22.9 Å². The van der Waals surface area contributed by atoms with E-state index < -0.39 is 8.80 Å². The topological polar surface area (TPSA) is 49.4 Å². The summed E-state index contributed by atoms with van der Waals surface area (Å²) in [5.74, 6) is 0.354. The number of rotatable bonds is 11. The molecule has 6 nitrogen and oxygen atoms in total. The number of hydrogen-bond acceptors (Lipinski definition) is 6. The molecule has 1 atom stereocenters. The van der Waals surface area contributed by atoms with Gasteiger partial charge in [-0.1, -0.05) is 38.1 Å². The smallest absolute Gasteiger partial charge is 0.375 e. The molecular formula is C24H43NO5Si. The SMILES string of the molecule is CO[Si](COCc1ccc(C(ON2C(C)(C)CCCC2(C)C)C(C)C)cc1)(OC)OC. The average molecular weight is 454 g/mol. The van der Waals surface area contributed by atoms with E-state index in [0.717, 1.165) is 18.4 Å². The van der Waals surface area contributed by atoms with Crippen molar-refractivity contribution in [2.24, 2.45) is 5.92 Å². The van der Waals surface area contributed by atoms with Gasteiger partial charge in [-0.3, -0.25) is 4.84 Å². The van der Waals surface area contributed by atoms with Gasteiger partial charge < -0.3 is 18.0 Å². The second kappa shape index (κ2) is 10.9. The molecular weight excluding hydrogens is 410 g/mol. The van der Waals surface area contributed by atoms with Crippen LogP contribution < -0.4 is 0 Å². The van der Waals surface area contributed by atoms with Crippen LogP contribution in [0, 0.1) is 5.92 Å². The van der Waals surface area contributed by atoms with Crippen molar-refractivity contribution in [1.82, 2.24) is 5.06 Å². The van der Waals surface area contributed by atoms with Crippen molar-refractivity contribution in [3.63, 3.8) is 0 Å². The maximum Gasteiger partial charge on any atom is 0.527 e. The average Bonchev–Trinajstić information content (AvgIpc) is 2.71. The van der Waals surface area contributed by atoms with Gasteiger partial charge in [0.05, 0.1) is 6.61 Å². The Labute approximate surface area is 190 Å². The Morgan fingerprint density at radius 3 is 1.87 bits per heavy atom. The summed E-state index contributed by atoms with van der Waals surface area (Å²) in [6.45, 7) is 14.1. The van der Waals surface area contributed by atoms with E-state index in [1.54, 1.807) is 21.3 Å². The summed E-state index contributed by atoms with van der Waals surface area (Å²) in [6, 6.07) is 8.52. The number of ether oxygens (including phenoxy) is 1. The molecule has 1 saturated heterocycles. The largest absolute Gasteiger partial charge is 0.527 e. The first-order valence-corrected chi connectivity index (χ1v) is 13.2. The molecule has 0 aromatic heterocycles. The molecule has 1 aliphatic rings. The quantitative estimate of drug-likeness (QED) is 0.424. The monoisotopic (exact) mass is 453 g/mol. The third kappa shape index (κ3) is 6.60. The van der Waals surface area contributed by atoms with E-state index in [2.05, 4.69) is 70.9 Å². The molecule has 0 bridgehead atoms. The minimum absolute atomic E-state index is 0.00199. The molecule has 1 heterocycles. The van der Waals surface area contributed by atoms with Gasteiger partial charge in [0.2, 0.25) is 0 Å². The van der Waals surface area contributed by atoms with E-state index in [4.69, 9.17) is 22.9 Å². The molecule has 2 rings (SSSR count). The van der Waals surface area contributed by atoms with E-state index in [9.17, 15) is 0 Å². The zero-order valence-electron chi connectivity index (χ0n) is 21.0. The summed E-state index contributed by atoms with van der Waals surface area (Å²) >= 11 is 0. The molecule has 1 fully saturated rings. The summed E-state index contributed by atoms with van der Waals surface area (Å²) in [6.07, 6.45) is 3.84. The molecule has 0 amide bonds. The summed E-state index contributed by atoms with van der Waals surface area (Å²) in [5, 5.41) is 2.26. The van der Waals surface area contributed by atoms with Gasteiger partial charge in [0.1, 0.15) is 12.3 Å². The Bertz CT molecular complexity index is 649. The van der Waals surface area contributed by atoms with Gasteiger partial charge in [0.15, 0.2) is 0 Å². The lowest BCUT2D eigenvalue weighted by molar-refractivity contribution is -0.313. The zero-order chi connectivity index (χ0) is 23.3. The van der Waals surface area contributed by atoms with Crippen LogP contribution >= 0.6 is 0 Å². The van der Waals surface area contributed by atoms with Gasteiger partial charge in [-0.15, -0.1) is 0 Å². The van der Waals surface area contributed by atoms with Crippen molar-refractivity contribution in [2.75, 3.05) is 27.6 Å². The fraction of sp³-hybridized carbons (Fsp3) is 0.750. The van der Waals surface area contributed by atoms with Crippen LogP contribution in [0.4, 0.5) is 0 Å². The van der Waals surface area contributed by atoms with Crippen molar-refractivity contribution >= 4 is 8.80 Å². The standard InChI is InChI=1S/C24H43NO5Si/c1-19(2)22(30-25-23(3,4)15-10-16-24(25,5)6)21-13-11-20(12-14-21)17-29-18-31(26-7,27-8)28-9/h11-14,19,22H,10,15-18H2,1-9H3. The van der Waals surface area contributed by atoms with Crippen LogP contribution in [0.2, 0.25) is 0 Å². The van der Waals surface area contributed by atoms with Crippen molar-refractivity contribution in [3.05, 3.63) is 35.4 Å². The van der Waals surface area contributed by atoms with Crippen molar-refractivity contribution in [1.29, 1.82) is 0 Å². The molecule has 1 unspecified atom stereocenters. The van der Waals surface area contributed by atoms with Crippen LogP contribution in [-0.4, -0.2) is 52.5 Å². The van der Waals surface area contributed by atoms with Crippen LogP contribution in [0.3, 0.4) is 0 Å². The number of hydroxylamine groups is 2. The van der Waals surface area contributed by atoms with E-state index in [-0.39, 0.29) is 17.2 Å². The van der Waals surface area contributed by atoms with Crippen LogP contribution in [0.15, 0.2) is 24.3 Å². The molecule has 7 heteroatoms. The number of nitrogens with zero attached hydrogens (tertiary/aromatic N) is 1. The first-order chi connectivity index (χ1) is 14.5. The highest BCUT2D eigenvalue weighted by Gasteiger charge is 2.44. The van der Waals surface area contributed by atoms with E-state index >= 15 is 0 Å². The molecule has 0 N–H and O–H groups in total. The Balaban J connectivity index is 2.08. The number of piperidine rings is 1. The van der Waals surface area contributed by atoms with Gasteiger partial charge in [-0.25, -0.2) is 0 Å². The highest BCUT2D eigenvalue weighted by atomic mass is 28.4. The molecule has 0 aliphatic carbocycles. The van der Waals surface area contributed by atoms with Crippen molar-refractivity contribution in [2.45, 2.75) is 84.6 Å². The Hall–Kier alpha value is -0.803. The van der Waals surface area contributed by atoms with Crippen molar-refractivity contribution in [3.8, 4) is 0 Å². The van der Waals surface area contributed by atoms with Gasteiger partial charge in [0.25, 0.3) is 0 Å². The van der Waals surface area contributed by atoms with E-state index in [1.807, 2.05) is 0 Å². The minimum atomic E-state index is -2.72.